The van der Waals surface area contributed by atoms with Gasteiger partial charge in [-0.3, -0.25) is 4.79 Å². The molecule has 0 aliphatic carbocycles. The van der Waals surface area contributed by atoms with Crippen molar-refractivity contribution < 1.29 is 9.21 Å². The first-order valence-electron chi connectivity index (χ1n) is 4.75. The molecule has 0 fully saturated rings. The monoisotopic (exact) mass is 188 g/mol. The van der Waals surface area contributed by atoms with Crippen molar-refractivity contribution in [3.8, 4) is 0 Å². The lowest BCUT2D eigenvalue weighted by atomic mass is 10.1. The average molecular weight is 188 g/mol. The molecule has 0 saturated heterocycles. The van der Waals surface area contributed by atoms with E-state index in [9.17, 15) is 4.79 Å². The minimum absolute atomic E-state index is 0.146. The van der Waals surface area contributed by atoms with Crippen molar-refractivity contribution in [2.75, 3.05) is 0 Å². The molecule has 0 aliphatic heterocycles. The first-order valence-corrected chi connectivity index (χ1v) is 4.75. The van der Waals surface area contributed by atoms with Gasteiger partial charge in [-0.05, 0) is 13.0 Å². The summed E-state index contributed by atoms with van der Waals surface area (Å²) >= 11 is 0. The normalized spacial score (nSPS) is 10.7. The van der Waals surface area contributed by atoms with E-state index in [-0.39, 0.29) is 5.78 Å². The Hall–Kier alpha value is -1.57. The third-order valence-electron chi connectivity index (χ3n) is 2.37. The molecule has 1 heterocycles. The van der Waals surface area contributed by atoms with Gasteiger partial charge in [0.1, 0.15) is 11.3 Å². The van der Waals surface area contributed by atoms with E-state index in [2.05, 4.69) is 0 Å². The van der Waals surface area contributed by atoms with Crippen LogP contribution in [0.15, 0.2) is 28.7 Å². The SMILES string of the molecule is CCC(=O)c1c(C)oc2ccccc12. The molecule has 2 rings (SSSR count). The first-order chi connectivity index (χ1) is 6.74. The van der Waals surface area contributed by atoms with Crippen molar-refractivity contribution in [3.05, 3.63) is 35.6 Å². The Balaban J connectivity index is 2.74. The van der Waals surface area contributed by atoms with E-state index in [0.717, 1.165) is 22.3 Å². The zero-order chi connectivity index (χ0) is 10.1. The lowest BCUT2D eigenvalue weighted by Gasteiger charge is -1.94. The topological polar surface area (TPSA) is 30.2 Å². The molecule has 0 atom stereocenters. The van der Waals surface area contributed by atoms with Gasteiger partial charge in [-0.2, -0.15) is 0 Å². The number of benzene rings is 1. The molecule has 0 amide bonds. The van der Waals surface area contributed by atoms with Crippen LogP contribution in [0.1, 0.15) is 29.5 Å². The molecule has 0 unspecified atom stereocenters. The van der Waals surface area contributed by atoms with Gasteiger partial charge in [0.2, 0.25) is 0 Å². The van der Waals surface area contributed by atoms with E-state index in [4.69, 9.17) is 4.42 Å². The molecule has 14 heavy (non-hydrogen) atoms. The van der Waals surface area contributed by atoms with Gasteiger partial charge in [-0.1, -0.05) is 25.1 Å². The minimum Gasteiger partial charge on any atom is -0.461 e. The maximum absolute atomic E-state index is 11.6. The van der Waals surface area contributed by atoms with Crippen molar-refractivity contribution in [3.63, 3.8) is 0 Å². The summed E-state index contributed by atoms with van der Waals surface area (Å²) in [4.78, 5) is 11.6. The summed E-state index contributed by atoms with van der Waals surface area (Å²) in [6, 6.07) is 7.64. The van der Waals surface area contributed by atoms with Crippen LogP contribution in [0.5, 0.6) is 0 Å². The van der Waals surface area contributed by atoms with Gasteiger partial charge in [0, 0.05) is 11.8 Å². The summed E-state index contributed by atoms with van der Waals surface area (Å²) in [5.41, 5.74) is 1.53. The van der Waals surface area contributed by atoms with Gasteiger partial charge in [0.15, 0.2) is 5.78 Å². The standard InChI is InChI=1S/C12H12O2/c1-3-10(13)12-8(2)14-11-7-5-4-6-9(11)12/h4-7H,3H2,1-2H3. The lowest BCUT2D eigenvalue weighted by molar-refractivity contribution is 0.0988. The summed E-state index contributed by atoms with van der Waals surface area (Å²) in [5.74, 6) is 0.866. The smallest absolute Gasteiger partial charge is 0.166 e. The number of aryl methyl sites for hydroxylation is 1. The molecular weight excluding hydrogens is 176 g/mol. The number of furan rings is 1. The summed E-state index contributed by atoms with van der Waals surface area (Å²) in [7, 11) is 0. The van der Waals surface area contributed by atoms with Crippen LogP contribution >= 0.6 is 0 Å². The highest BCUT2D eigenvalue weighted by atomic mass is 16.3. The molecule has 0 aliphatic rings. The fourth-order valence-electron chi connectivity index (χ4n) is 1.69. The fourth-order valence-corrected chi connectivity index (χ4v) is 1.69. The Morgan fingerprint density at radius 3 is 2.79 bits per heavy atom. The molecule has 0 radical (unpaired) electrons. The Morgan fingerprint density at radius 1 is 1.36 bits per heavy atom. The largest absolute Gasteiger partial charge is 0.461 e. The first kappa shape index (κ1) is 9.00. The second-order valence-electron chi connectivity index (χ2n) is 3.31. The highest BCUT2D eigenvalue weighted by Crippen LogP contribution is 2.25. The molecule has 2 aromatic rings. The number of fused-ring (bicyclic) bond motifs is 1. The van der Waals surface area contributed by atoms with Crippen molar-refractivity contribution in [2.45, 2.75) is 20.3 Å². The molecule has 1 aromatic heterocycles. The van der Waals surface area contributed by atoms with Crippen LogP contribution in [0.4, 0.5) is 0 Å². The zero-order valence-corrected chi connectivity index (χ0v) is 8.33. The summed E-state index contributed by atoms with van der Waals surface area (Å²) in [6.45, 7) is 3.70. The predicted octanol–water partition coefficient (Wildman–Crippen LogP) is 3.33. The molecule has 0 saturated carbocycles. The van der Waals surface area contributed by atoms with Crippen LogP contribution in [0.3, 0.4) is 0 Å². The minimum atomic E-state index is 0.146. The van der Waals surface area contributed by atoms with E-state index < -0.39 is 0 Å². The summed E-state index contributed by atoms with van der Waals surface area (Å²) < 4.78 is 5.50. The van der Waals surface area contributed by atoms with E-state index in [0.29, 0.717) is 6.42 Å². The highest BCUT2D eigenvalue weighted by Gasteiger charge is 2.15. The van der Waals surface area contributed by atoms with Crippen molar-refractivity contribution in [1.82, 2.24) is 0 Å². The maximum atomic E-state index is 11.6. The molecule has 72 valence electrons. The van der Waals surface area contributed by atoms with Crippen LogP contribution in [0.2, 0.25) is 0 Å². The van der Waals surface area contributed by atoms with Crippen LogP contribution in [0, 0.1) is 6.92 Å². The summed E-state index contributed by atoms with van der Waals surface area (Å²) in [6.07, 6.45) is 0.518. The Labute approximate surface area is 82.5 Å². The third kappa shape index (κ3) is 1.23. The van der Waals surface area contributed by atoms with Gasteiger partial charge in [0.05, 0.1) is 5.56 Å². The molecule has 1 aromatic carbocycles. The van der Waals surface area contributed by atoms with Gasteiger partial charge in [-0.15, -0.1) is 0 Å². The predicted molar refractivity (Wildman–Crippen MR) is 55.6 cm³/mol. The Morgan fingerprint density at radius 2 is 2.07 bits per heavy atom. The van der Waals surface area contributed by atoms with E-state index in [1.54, 1.807) is 0 Å². The number of para-hydroxylation sites is 1. The zero-order valence-electron chi connectivity index (χ0n) is 8.33. The Kier molecular flexibility index (Phi) is 2.12. The number of hydrogen-bond acceptors (Lipinski definition) is 2. The second kappa shape index (κ2) is 3.29. The number of carbonyl (C=O) groups excluding carboxylic acids is 1. The van der Waals surface area contributed by atoms with Crippen LogP contribution in [0.25, 0.3) is 11.0 Å². The van der Waals surface area contributed by atoms with Gasteiger partial charge in [-0.25, -0.2) is 0 Å². The maximum Gasteiger partial charge on any atom is 0.166 e. The molecule has 2 heteroatoms. The van der Waals surface area contributed by atoms with Crippen molar-refractivity contribution in [1.29, 1.82) is 0 Å². The lowest BCUT2D eigenvalue weighted by Crippen LogP contribution is -1.96. The van der Waals surface area contributed by atoms with Crippen LogP contribution in [-0.4, -0.2) is 5.78 Å². The van der Waals surface area contributed by atoms with Crippen molar-refractivity contribution >= 4 is 16.8 Å². The molecule has 0 N–H and O–H groups in total. The number of hydrogen-bond donors (Lipinski definition) is 0. The Bertz CT molecular complexity index is 480. The summed E-state index contributed by atoms with van der Waals surface area (Å²) in [5, 5.41) is 0.928. The molecular formula is C12H12O2. The van der Waals surface area contributed by atoms with Gasteiger partial charge in [0.25, 0.3) is 0 Å². The van der Waals surface area contributed by atoms with Crippen LogP contribution < -0.4 is 0 Å². The molecule has 0 bridgehead atoms. The quantitative estimate of drug-likeness (QED) is 0.676. The van der Waals surface area contributed by atoms with Gasteiger partial charge < -0.3 is 4.42 Å². The van der Waals surface area contributed by atoms with E-state index >= 15 is 0 Å². The fraction of sp³-hybridized carbons (Fsp3) is 0.250. The van der Waals surface area contributed by atoms with E-state index in [1.165, 1.54) is 0 Å². The molecule has 0 spiro atoms. The average Bonchev–Trinajstić information content (AvgIpc) is 2.53. The molecule has 2 nitrogen and oxygen atoms in total. The number of Topliss-reactive ketones (excluding diaryl/α,β-unsaturated/α-hetero) is 1. The number of ketones is 1. The second-order valence-corrected chi connectivity index (χ2v) is 3.31. The van der Waals surface area contributed by atoms with Gasteiger partial charge >= 0.3 is 0 Å². The number of rotatable bonds is 2. The van der Waals surface area contributed by atoms with E-state index in [1.807, 2.05) is 38.1 Å². The van der Waals surface area contributed by atoms with Crippen molar-refractivity contribution in [2.24, 2.45) is 0 Å². The highest BCUT2D eigenvalue weighted by molar-refractivity contribution is 6.08. The van der Waals surface area contributed by atoms with Crippen LogP contribution in [-0.2, 0) is 0 Å². The number of carbonyl (C=O) groups is 1. The third-order valence-corrected chi connectivity index (χ3v) is 2.37.